The Labute approximate surface area is 129 Å². The van der Waals surface area contributed by atoms with Crippen LogP contribution in [0.15, 0.2) is 0 Å². The molecule has 5 heteroatoms. The summed E-state index contributed by atoms with van der Waals surface area (Å²) in [6, 6.07) is 0.159. The molecule has 1 fully saturated rings. The second-order valence-corrected chi connectivity index (χ2v) is 7.02. The van der Waals surface area contributed by atoms with Gasteiger partial charge in [0, 0.05) is 37.8 Å². The van der Waals surface area contributed by atoms with Gasteiger partial charge in [-0.15, -0.1) is 0 Å². The Balaban J connectivity index is 2.24. The first-order valence-electron chi connectivity index (χ1n) is 7.93. The first-order valence-corrected chi connectivity index (χ1v) is 7.93. The van der Waals surface area contributed by atoms with Crippen LogP contribution in [0.2, 0.25) is 0 Å². The van der Waals surface area contributed by atoms with Gasteiger partial charge in [-0.25, -0.2) is 0 Å². The van der Waals surface area contributed by atoms with Gasteiger partial charge in [0.2, 0.25) is 0 Å². The molecule has 1 aliphatic rings. The highest BCUT2D eigenvalue weighted by atomic mass is 15.4. The van der Waals surface area contributed by atoms with E-state index in [4.69, 9.17) is 5.73 Å². The fraction of sp³-hybridized carbons (Fsp3) is 0.812. The number of hydrogen-bond donors (Lipinski definition) is 1. The van der Waals surface area contributed by atoms with Crippen LogP contribution < -0.4 is 10.6 Å². The van der Waals surface area contributed by atoms with Crippen LogP contribution in [0.3, 0.4) is 0 Å². The molecule has 5 nitrogen and oxygen atoms in total. The summed E-state index contributed by atoms with van der Waals surface area (Å²) in [5.41, 5.74) is 8.73. The van der Waals surface area contributed by atoms with E-state index in [0.717, 1.165) is 18.7 Å². The van der Waals surface area contributed by atoms with E-state index in [2.05, 4.69) is 49.9 Å². The number of aryl methyl sites for hydroxylation is 2. The molecule has 0 aliphatic heterocycles. The molecule has 2 rings (SSSR count). The molecule has 0 radical (unpaired) electrons. The van der Waals surface area contributed by atoms with Gasteiger partial charge in [-0.05, 0) is 53.6 Å². The van der Waals surface area contributed by atoms with Crippen molar-refractivity contribution in [3.8, 4) is 0 Å². The molecule has 0 bridgehead atoms. The lowest BCUT2D eigenvalue weighted by Crippen LogP contribution is -2.57. The molecular weight excluding hydrogens is 262 g/mol. The fourth-order valence-corrected chi connectivity index (χ4v) is 3.58. The molecule has 0 spiro atoms. The molecule has 0 aromatic carbocycles. The smallest absolute Gasteiger partial charge is 0.129 e. The van der Waals surface area contributed by atoms with Gasteiger partial charge >= 0.3 is 0 Å². The van der Waals surface area contributed by atoms with Crippen molar-refractivity contribution in [1.82, 2.24) is 14.7 Å². The molecule has 2 N–H and O–H groups in total. The number of anilines is 1. The molecule has 1 saturated carbocycles. The van der Waals surface area contributed by atoms with Gasteiger partial charge in [-0.1, -0.05) is 0 Å². The van der Waals surface area contributed by atoms with Gasteiger partial charge in [0.25, 0.3) is 0 Å². The molecule has 1 aliphatic carbocycles. The number of nitrogens with two attached hydrogens (primary N) is 1. The second kappa shape index (κ2) is 5.97. The van der Waals surface area contributed by atoms with Crippen molar-refractivity contribution in [2.75, 3.05) is 32.6 Å². The zero-order valence-corrected chi connectivity index (χ0v) is 14.5. The van der Waals surface area contributed by atoms with Gasteiger partial charge in [-0.2, -0.15) is 5.10 Å². The molecule has 21 heavy (non-hydrogen) atoms. The minimum absolute atomic E-state index is 0.159. The Hall–Kier alpha value is -1.07. The summed E-state index contributed by atoms with van der Waals surface area (Å²) in [7, 11) is 8.62. The Bertz CT molecular complexity index is 485. The van der Waals surface area contributed by atoms with Crippen LogP contribution in [0.25, 0.3) is 0 Å². The van der Waals surface area contributed by atoms with Crippen molar-refractivity contribution in [2.45, 2.75) is 51.1 Å². The van der Waals surface area contributed by atoms with Crippen molar-refractivity contribution in [2.24, 2.45) is 12.8 Å². The molecule has 1 aromatic rings. The minimum Gasteiger partial charge on any atom is -0.358 e. The summed E-state index contributed by atoms with van der Waals surface area (Å²) < 4.78 is 2.01. The average molecular weight is 293 g/mol. The quantitative estimate of drug-likeness (QED) is 0.864. The maximum atomic E-state index is 6.02. The van der Waals surface area contributed by atoms with Crippen molar-refractivity contribution >= 4 is 5.82 Å². The largest absolute Gasteiger partial charge is 0.358 e. The van der Waals surface area contributed by atoms with Crippen LogP contribution >= 0.6 is 0 Å². The topological polar surface area (TPSA) is 50.3 Å². The summed E-state index contributed by atoms with van der Waals surface area (Å²) in [5.74, 6) is 1.22. The highest BCUT2D eigenvalue weighted by molar-refractivity contribution is 5.50. The lowest BCUT2D eigenvalue weighted by molar-refractivity contribution is 0.0680. The highest BCUT2D eigenvalue weighted by Crippen LogP contribution is 2.38. The Morgan fingerprint density at radius 1 is 1.33 bits per heavy atom. The Kier molecular flexibility index (Phi) is 4.63. The van der Waals surface area contributed by atoms with Crippen LogP contribution in [-0.4, -0.2) is 53.9 Å². The van der Waals surface area contributed by atoms with Gasteiger partial charge in [0.1, 0.15) is 5.82 Å². The van der Waals surface area contributed by atoms with E-state index in [-0.39, 0.29) is 6.04 Å². The predicted octanol–water partition coefficient (Wildman–Crippen LogP) is 1.54. The molecule has 1 unspecified atom stereocenters. The third-order valence-corrected chi connectivity index (χ3v) is 4.97. The minimum atomic E-state index is 0.159. The molecule has 120 valence electrons. The van der Waals surface area contributed by atoms with Crippen LogP contribution in [0.4, 0.5) is 5.82 Å². The molecule has 0 saturated heterocycles. The number of likely N-dealkylation sites (N-methyl/N-ethyl adjacent to an activating group) is 2. The predicted molar refractivity (Wildman–Crippen MR) is 88.8 cm³/mol. The fourth-order valence-electron chi connectivity index (χ4n) is 3.58. The molecule has 1 aromatic heterocycles. The molecule has 1 atom stereocenters. The third kappa shape index (κ3) is 3.09. The number of rotatable bonds is 6. The van der Waals surface area contributed by atoms with Crippen molar-refractivity contribution in [3.63, 3.8) is 0 Å². The second-order valence-electron chi connectivity index (χ2n) is 7.02. The van der Waals surface area contributed by atoms with Crippen LogP contribution in [-0.2, 0) is 13.5 Å². The van der Waals surface area contributed by atoms with Crippen molar-refractivity contribution < 1.29 is 0 Å². The SMILES string of the molecule is Cc1nn(C)c(N(C)CC2(N(C)C)CCC2)c1CC(C)N. The Morgan fingerprint density at radius 2 is 1.95 bits per heavy atom. The maximum Gasteiger partial charge on any atom is 0.129 e. The lowest BCUT2D eigenvalue weighted by Gasteiger charge is -2.49. The van der Waals surface area contributed by atoms with Gasteiger partial charge < -0.3 is 15.5 Å². The monoisotopic (exact) mass is 293 g/mol. The van der Waals surface area contributed by atoms with Crippen molar-refractivity contribution in [1.29, 1.82) is 0 Å². The first kappa shape index (κ1) is 16.3. The van der Waals surface area contributed by atoms with Crippen molar-refractivity contribution in [3.05, 3.63) is 11.3 Å². The van der Waals surface area contributed by atoms with E-state index < -0.39 is 0 Å². The normalized spacial score (nSPS) is 18.7. The Morgan fingerprint density at radius 3 is 2.38 bits per heavy atom. The van der Waals surface area contributed by atoms with E-state index in [1.807, 2.05) is 11.7 Å². The van der Waals surface area contributed by atoms with Gasteiger partial charge in [0.05, 0.1) is 5.69 Å². The van der Waals surface area contributed by atoms with Gasteiger partial charge in [-0.3, -0.25) is 4.68 Å². The van der Waals surface area contributed by atoms with Crippen LogP contribution in [0.1, 0.15) is 37.4 Å². The zero-order valence-electron chi connectivity index (χ0n) is 14.5. The number of hydrogen-bond acceptors (Lipinski definition) is 4. The van der Waals surface area contributed by atoms with E-state index in [1.54, 1.807) is 0 Å². The zero-order chi connectivity index (χ0) is 15.8. The number of nitrogens with zero attached hydrogens (tertiary/aromatic N) is 4. The van der Waals surface area contributed by atoms with E-state index in [0.29, 0.717) is 5.54 Å². The molecule has 0 amide bonds. The summed E-state index contributed by atoms with van der Waals surface area (Å²) in [6.45, 7) is 5.19. The standard InChI is InChI=1S/C16H31N5/c1-12(17)10-14-13(2)18-21(6)15(14)20(5)11-16(19(3)4)8-7-9-16/h12H,7-11,17H2,1-6H3. The van der Waals surface area contributed by atoms with E-state index in [9.17, 15) is 0 Å². The first-order chi connectivity index (χ1) is 9.77. The third-order valence-electron chi connectivity index (χ3n) is 4.97. The molecular formula is C16H31N5. The van der Waals surface area contributed by atoms with E-state index >= 15 is 0 Å². The van der Waals surface area contributed by atoms with Crippen LogP contribution in [0, 0.1) is 6.92 Å². The van der Waals surface area contributed by atoms with Crippen LogP contribution in [0.5, 0.6) is 0 Å². The lowest BCUT2D eigenvalue weighted by atomic mass is 9.75. The van der Waals surface area contributed by atoms with E-state index in [1.165, 1.54) is 30.6 Å². The highest BCUT2D eigenvalue weighted by Gasteiger charge is 2.40. The summed E-state index contributed by atoms with van der Waals surface area (Å²) in [6.07, 6.45) is 4.78. The average Bonchev–Trinajstić information content (AvgIpc) is 2.57. The summed E-state index contributed by atoms with van der Waals surface area (Å²) in [5, 5.41) is 4.61. The van der Waals surface area contributed by atoms with Gasteiger partial charge in [0.15, 0.2) is 0 Å². The summed E-state index contributed by atoms with van der Waals surface area (Å²) in [4.78, 5) is 4.76. The summed E-state index contributed by atoms with van der Waals surface area (Å²) >= 11 is 0. The molecule has 1 heterocycles. The maximum absolute atomic E-state index is 6.02. The number of aromatic nitrogens is 2.